The van der Waals surface area contributed by atoms with Crippen molar-refractivity contribution in [2.24, 2.45) is 0 Å². The molecular weight excluding hydrogens is 407 g/mol. The number of hydrogen-bond donors (Lipinski definition) is 0. The quantitative estimate of drug-likeness (QED) is 0.277. The van der Waals surface area contributed by atoms with Gasteiger partial charge in [-0.1, -0.05) is 154 Å². The van der Waals surface area contributed by atoms with Crippen LogP contribution in [0.5, 0.6) is 0 Å². The van der Waals surface area contributed by atoms with Crippen molar-refractivity contribution in [3.8, 4) is 22.3 Å². The molecule has 0 aliphatic carbocycles. The predicted molar refractivity (Wildman–Crippen MR) is 149 cm³/mol. The fourth-order valence-electron chi connectivity index (χ4n) is 5.23. The van der Waals surface area contributed by atoms with Gasteiger partial charge >= 0.3 is 0 Å². The minimum Gasteiger partial charge on any atom is -0.0680 e. The van der Waals surface area contributed by atoms with Crippen LogP contribution in [0, 0.1) is 20.8 Å². The van der Waals surface area contributed by atoms with Gasteiger partial charge in [-0.05, 0) is 43.0 Å². The van der Waals surface area contributed by atoms with Crippen LogP contribution in [0.2, 0.25) is 0 Å². The maximum atomic E-state index is 2.37. The molecule has 5 aromatic carbocycles. The monoisotopic (exact) mass is 436 g/mol. The van der Waals surface area contributed by atoms with Gasteiger partial charge in [-0.2, -0.15) is 0 Å². The lowest BCUT2D eigenvalue weighted by Gasteiger charge is -2.22. The van der Waals surface area contributed by atoms with Crippen molar-refractivity contribution >= 4 is 23.1 Å². The first-order chi connectivity index (χ1) is 16.6. The fourth-order valence-corrected chi connectivity index (χ4v) is 5.23. The molecule has 0 aromatic heterocycles. The zero-order chi connectivity index (χ0) is 23.5. The van der Waals surface area contributed by atoms with Crippen LogP contribution in [-0.2, 0) is 0 Å². The smallest absolute Gasteiger partial charge is 0.0680 e. The topological polar surface area (TPSA) is 0 Å². The van der Waals surface area contributed by atoms with E-state index in [9.17, 15) is 0 Å². The molecule has 0 heterocycles. The summed E-state index contributed by atoms with van der Waals surface area (Å²) in [6, 6.07) is 44.1. The molecule has 0 saturated heterocycles. The third-order valence-corrected chi connectivity index (χ3v) is 6.68. The highest BCUT2D eigenvalue weighted by Gasteiger charge is 2.26. The van der Waals surface area contributed by atoms with Crippen molar-refractivity contribution in [3.63, 3.8) is 0 Å². The van der Waals surface area contributed by atoms with Gasteiger partial charge in [-0.3, -0.25) is 0 Å². The van der Waals surface area contributed by atoms with Crippen LogP contribution < -0.4 is 16.4 Å². The summed E-state index contributed by atoms with van der Waals surface area (Å²) < 4.78 is 0. The maximum absolute atomic E-state index is 2.37. The van der Waals surface area contributed by atoms with Crippen molar-refractivity contribution in [3.05, 3.63) is 138 Å². The van der Waals surface area contributed by atoms with E-state index in [2.05, 4.69) is 142 Å². The SMILES string of the molecule is Cc1cc(C)c(B(c2cccc(-c3ccccc3)c2)c2cccc(-c3ccccc3)c2)c(C)c1. The van der Waals surface area contributed by atoms with Gasteiger partial charge in [0.2, 0.25) is 6.71 Å². The average Bonchev–Trinajstić information content (AvgIpc) is 2.87. The Balaban J connectivity index is 1.71. The summed E-state index contributed by atoms with van der Waals surface area (Å²) in [5.41, 5.74) is 13.1. The van der Waals surface area contributed by atoms with Crippen LogP contribution in [-0.4, -0.2) is 6.71 Å². The zero-order valence-electron chi connectivity index (χ0n) is 20.1. The molecule has 0 bridgehead atoms. The maximum Gasteiger partial charge on any atom is 0.241 e. The van der Waals surface area contributed by atoms with Gasteiger partial charge in [0, 0.05) is 0 Å². The van der Waals surface area contributed by atoms with Crippen molar-refractivity contribution in [1.29, 1.82) is 0 Å². The second-order valence-electron chi connectivity index (χ2n) is 9.23. The summed E-state index contributed by atoms with van der Waals surface area (Å²) in [5, 5.41) is 0. The van der Waals surface area contributed by atoms with Crippen LogP contribution in [0.15, 0.2) is 121 Å². The van der Waals surface area contributed by atoms with Gasteiger partial charge in [0.15, 0.2) is 0 Å². The third-order valence-electron chi connectivity index (χ3n) is 6.68. The van der Waals surface area contributed by atoms with E-state index in [1.54, 1.807) is 0 Å². The van der Waals surface area contributed by atoms with Gasteiger partial charge < -0.3 is 0 Å². The molecule has 0 aliphatic rings. The molecule has 5 aromatic rings. The van der Waals surface area contributed by atoms with E-state index in [0.717, 1.165) is 0 Å². The molecule has 1 heteroatoms. The van der Waals surface area contributed by atoms with E-state index in [-0.39, 0.29) is 6.71 Å². The Kier molecular flexibility index (Phi) is 6.19. The van der Waals surface area contributed by atoms with Crippen LogP contribution in [0.4, 0.5) is 0 Å². The first kappa shape index (κ1) is 22.0. The summed E-state index contributed by atoms with van der Waals surface area (Å²) in [6.07, 6.45) is 0. The number of aryl methyl sites for hydroxylation is 3. The average molecular weight is 436 g/mol. The Morgan fingerprint density at radius 2 is 0.824 bits per heavy atom. The highest BCUT2D eigenvalue weighted by molar-refractivity contribution is 6.96. The second-order valence-corrected chi connectivity index (χ2v) is 9.23. The summed E-state index contributed by atoms with van der Waals surface area (Å²) in [4.78, 5) is 0. The van der Waals surface area contributed by atoms with Crippen molar-refractivity contribution < 1.29 is 0 Å². The lowest BCUT2D eigenvalue weighted by molar-refractivity contribution is 1.35. The number of rotatable bonds is 5. The van der Waals surface area contributed by atoms with Gasteiger partial charge in [0.05, 0.1) is 0 Å². The largest absolute Gasteiger partial charge is 0.241 e. The van der Waals surface area contributed by atoms with E-state index < -0.39 is 0 Å². The van der Waals surface area contributed by atoms with E-state index in [1.807, 2.05) is 0 Å². The molecule has 164 valence electrons. The van der Waals surface area contributed by atoms with E-state index in [1.165, 1.54) is 55.3 Å². The Bertz CT molecular complexity index is 1310. The minimum absolute atomic E-state index is 0.160. The van der Waals surface area contributed by atoms with Crippen LogP contribution in [0.3, 0.4) is 0 Å². The Morgan fingerprint density at radius 3 is 1.26 bits per heavy atom. The summed E-state index contributed by atoms with van der Waals surface area (Å²) in [6.45, 7) is 6.85. The fraction of sp³-hybridized carbons (Fsp3) is 0.0909. The normalized spacial score (nSPS) is 10.8. The predicted octanol–water partition coefficient (Wildman–Crippen LogP) is 6.46. The highest BCUT2D eigenvalue weighted by Crippen LogP contribution is 2.20. The lowest BCUT2D eigenvalue weighted by Crippen LogP contribution is -2.54. The number of hydrogen-bond acceptors (Lipinski definition) is 0. The van der Waals surface area contributed by atoms with Gasteiger partial charge in [0.1, 0.15) is 0 Å². The molecule has 0 unspecified atom stereocenters. The molecule has 5 rings (SSSR count). The molecule has 0 spiro atoms. The van der Waals surface area contributed by atoms with Gasteiger partial charge in [-0.15, -0.1) is 0 Å². The van der Waals surface area contributed by atoms with Crippen molar-refractivity contribution in [2.75, 3.05) is 0 Å². The first-order valence-corrected chi connectivity index (χ1v) is 12.0. The molecular formula is C33H29B. The zero-order valence-corrected chi connectivity index (χ0v) is 20.1. The van der Waals surface area contributed by atoms with E-state index in [0.29, 0.717) is 0 Å². The molecule has 0 fully saturated rings. The summed E-state index contributed by atoms with van der Waals surface area (Å²) >= 11 is 0. The van der Waals surface area contributed by atoms with Crippen molar-refractivity contribution in [1.82, 2.24) is 0 Å². The van der Waals surface area contributed by atoms with Crippen LogP contribution >= 0.6 is 0 Å². The Morgan fingerprint density at radius 1 is 0.412 bits per heavy atom. The Hall–Kier alpha value is -3.84. The van der Waals surface area contributed by atoms with Gasteiger partial charge in [0.25, 0.3) is 0 Å². The van der Waals surface area contributed by atoms with Crippen molar-refractivity contribution in [2.45, 2.75) is 20.8 Å². The molecule has 0 radical (unpaired) electrons. The highest BCUT2D eigenvalue weighted by atomic mass is 14.1. The first-order valence-electron chi connectivity index (χ1n) is 12.0. The minimum atomic E-state index is 0.160. The molecule has 34 heavy (non-hydrogen) atoms. The Labute approximate surface area is 204 Å². The third kappa shape index (κ3) is 4.47. The molecule has 0 atom stereocenters. The standard InChI is InChI=1S/C33H29B/c1-24-20-25(2)33(26(3)21-24)34(31-18-10-16-29(22-31)27-12-6-4-7-13-27)32-19-11-17-30(23-32)28-14-8-5-9-15-28/h4-23H,1-3H3. The molecule has 0 amide bonds. The van der Waals surface area contributed by atoms with E-state index in [4.69, 9.17) is 0 Å². The molecule has 0 N–H and O–H groups in total. The van der Waals surface area contributed by atoms with E-state index >= 15 is 0 Å². The van der Waals surface area contributed by atoms with Gasteiger partial charge in [-0.25, -0.2) is 0 Å². The molecule has 0 saturated carbocycles. The molecule has 0 aliphatic heterocycles. The van der Waals surface area contributed by atoms with Crippen LogP contribution in [0.1, 0.15) is 16.7 Å². The summed E-state index contributed by atoms with van der Waals surface area (Å²) in [5.74, 6) is 0. The van der Waals surface area contributed by atoms with Crippen LogP contribution in [0.25, 0.3) is 22.3 Å². The lowest BCUT2D eigenvalue weighted by atomic mass is 9.35. The summed E-state index contributed by atoms with van der Waals surface area (Å²) in [7, 11) is 0. The second kappa shape index (κ2) is 9.57. The number of benzene rings is 5. The molecule has 0 nitrogen and oxygen atoms in total.